The van der Waals surface area contributed by atoms with Crippen LogP contribution in [0.2, 0.25) is 5.02 Å². The second kappa shape index (κ2) is 6.02. The predicted molar refractivity (Wildman–Crippen MR) is 78.5 cm³/mol. The van der Waals surface area contributed by atoms with Crippen molar-refractivity contribution < 1.29 is 9.13 Å². The standard InChI is InChI=1S/C11H7Br2ClFN3O/c1-16-11-17-4-6(13)10(18-11)19-9-3-8(15)7(14)2-5(9)12/h2-4H,1H3,(H,16,17,18). The van der Waals surface area contributed by atoms with E-state index in [-0.39, 0.29) is 16.7 Å². The number of rotatable bonds is 3. The molecule has 0 aliphatic heterocycles. The Morgan fingerprint density at radius 2 is 2.05 bits per heavy atom. The summed E-state index contributed by atoms with van der Waals surface area (Å²) in [4.78, 5) is 8.11. The number of benzene rings is 1. The summed E-state index contributed by atoms with van der Waals surface area (Å²) in [5, 5.41) is 2.80. The lowest BCUT2D eigenvalue weighted by Gasteiger charge is -2.10. The van der Waals surface area contributed by atoms with E-state index in [1.54, 1.807) is 7.05 Å². The van der Waals surface area contributed by atoms with Crippen LogP contribution in [-0.4, -0.2) is 17.0 Å². The molecule has 0 radical (unpaired) electrons. The fraction of sp³-hybridized carbons (Fsp3) is 0.0909. The van der Waals surface area contributed by atoms with Gasteiger partial charge in [0.1, 0.15) is 11.6 Å². The van der Waals surface area contributed by atoms with E-state index in [2.05, 4.69) is 47.1 Å². The zero-order valence-corrected chi connectivity index (χ0v) is 13.5. The van der Waals surface area contributed by atoms with Gasteiger partial charge in [0.15, 0.2) is 0 Å². The normalized spacial score (nSPS) is 10.4. The molecule has 19 heavy (non-hydrogen) atoms. The Kier molecular flexibility index (Phi) is 4.59. The fourth-order valence-corrected chi connectivity index (χ4v) is 2.22. The number of hydrogen-bond donors (Lipinski definition) is 1. The smallest absolute Gasteiger partial charge is 0.238 e. The molecule has 2 aromatic rings. The third-order valence-electron chi connectivity index (χ3n) is 2.12. The van der Waals surface area contributed by atoms with Crippen LogP contribution in [0.3, 0.4) is 0 Å². The lowest BCUT2D eigenvalue weighted by Crippen LogP contribution is -1.99. The molecule has 4 nitrogen and oxygen atoms in total. The molecule has 100 valence electrons. The topological polar surface area (TPSA) is 47.0 Å². The maximum Gasteiger partial charge on any atom is 0.238 e. The Morgan fingerprint density at radius 1 is 1.32 bits per heavy atom. The van der Waals surface area contributed by atoms with Crippen molar-refractivity contribution in [1.29, 1.82) is 0 Å². The third-order valence-corrected chi connectivity index (χ3v) is 3.57. The van der Waals surface area contributed by atoms with Crippen LogP contribution in [0.25, 0.3) is 0 Å². The van der Waals surface area contributed by atoms with Crippen molar-refractivity contribution >= 4 is 49.4 Å². The molecule has 0 saturated carbocycles. The van der Waals surface area contributed by atoms with Crippen LogP contribution in [0.4, 0.5) is 10.3 Å². The monoisotopic (exact) mass is 409 g/mol. The average Bonchev–Trinajstić information content (AvgIpc) is 2.38. The summed E-state index contributed by atoms with van der Waals surface area (Å²) in [5.74, 6) is 0.354. The number of nitrogens with zero attached hydrogens (tertiary/aromatic N) is 2. The average molecular weight is 411 g/mol. The van der Waals surface area contributed by atoms with Crippen molar-refractivity contribution in [3.05, 3.63) is 38.1 Å². The zero-order chi connectivity index (χ0) is 14.0. The van der Waals surface area contributed by atoms with Crippen molar-refractivity contribution in [2.75, 3.05) is 12.4 Å². The Labute approximate surface area is 130 Å². The maximum atomic E-state index is 13.4. The number of ether oxygens (including phenoxy) is 1. The highest BCUT2D eigenvalue weighted by Crippen LogP contribution is 2.35. The van der Waals surface area contributed by atoms with Crippen LogP contribution in [0, 0.1) is 5.82 Å². The van der Waals surface area contributed by atoms with Gasteiger partial charge in [0.05, 0.1) is 20.2 Å². The minimum atomic E-state index is -0.570. The van der Waals surface area contributed by atoms with Gasteiger partial charge in [0.2, 0.25) is 11.8 Å². The van der Waals surface area contributed by atoms with Gasteiger partial charge in [-0.15, -0.1) is 0 Å². The minimum absolute atomic E-state index is 0.0110. The Balaban J connectivity index is 2.38. The van der Waals surface area contributed by atoms with Crippen molar-refractivity contribution in [2.45, 2.75) is 0 Å². The molecule has 0 amide bonds. The molecule has 0 atom stereocenters. The summed E-state index contributed by atoms with van der Waals surface area (Å²) in [6, 6.07) is 2.60. The highest BCUT2D eigenvalue weighted by molar-refractivity contribution is 9.11. The largest absolute Gasteiger partial charge is 0.436 e. The van der Waals surface area contributed by atoms with Crippen LogP contribution in [-0.2, 0) is 0 Å². The van der Waals surface area contributed by atoms with Gasteiger partial charge in [-0.2, -0.15) is 4.98 Å². The maximum absolute atomic E-state index is 13.4. The van der Waals surface area contributed by atoms with E-state index < -0.39 is 5.82 Å². The van der Waals surface area contributed by atoms with Crippen LogP contribution in [0.5, 0.6) is 11.6 Å². The van der Waals surface area contributed by atoms with Gasteiger partial charge < -0.3 is 10.1 Å². The molecule has 1 aromatic heterocycles. The van der Waals surface area contributed by atoms with E-state index in [0.717, 1.165) is 0 Å². The second-order valence-electron chi connectivity index (χ2n) is 3.40. The molecule has 0 saturated heterocycles. The summed E-state index contributed by atoms with van der Waals surface area (Å²) in [6.07, 6.45) is 1.54. The molecule has 1 aromatic carbocycles. The quantitative estimate of drug-likeness (QED) is 0.749. The van der Waals surface area contributed by atoms with Gasteiger partial charge in [0, 0.05) is 13.1 Å². The van der Waals surface area contributed by atoms with E-state index in [1.807, 2.05) is 0 Å². The lowest BCUT2D eigenvalue weighted by molar-refractivity contribution is 0.451. The van der Waals surface area contributed by atoms with Gasteiger partial charge in [-0.3, -0.25) is 0 Å². The van der Waals surface area contributed by atoms with Crippen molar-refractivity contribution in [2.24, 2.45) is 0 Å². The first kappa shape index (κ1) is 14.5. The second-order valence-corrected chi connectivity index (χ2v) is 5.51. The Morgan fingerprint density at radius 3 is 2.74 bits per heavy atom. The third kappa shape index (κ3) is 3.34. The molecule has 2 rings (SSSR count). The number of hydrogen-bond acceptors (Lipinski definition) is 4. The highest BCUT2D eigenvalue weighted by Gasteiger charge is 2.12. The lowest BCUT2D eigenvalue weighted by atomic mass is 10.3. The van der Waals surface area contributed by atoms with E-state index in [9.17, 15) is 4.39 Å². The Bertz CT molecular complexity index is 627. The first-order valence-electron chi connectivity index (χ1n) is 5.04. The summed E-state index contributed by atoms with van der Waals surface area (Å²) >= 11 is 12.2. The van der Waals surface area contributed by atoms with Gasteiger partial charge in [-0.25, -0.2) is 9.37 Å². The molecule has 1 heterocycles. The Hall–Kier alpha value is -0.920. The molecule has 0 spiro atoms. The summed E-state index contributed by atoms with van der Waals surface area (Å²) < 4.78 is 20.0. The van der Waals surface area contributed by atoms with Crippen LogP contribution in [0.15, 0.2) is 27.3 Å². The van der Waals surface area contributed by atoms with Crippen LogP contribution in [0.1, 0.15) is 0 Å². The van der Waals surface area contributed by atoms with Gasteiger partial charge in [0.25, 0.3) is 0 Å². The van der Waals surface area contributed by atoms with Gasteiger partial charge in [-0.05, 0) is 37.9 Å². The summed E-state index contributed by atoms with van der Waals surface area (Å²) in [7, 11) is 1.69. The summed E-state index contributed by atoms with van der Waals surface area (Å²) in [6.45, 7) is 0. The predicted octanol–water partition coefficient (Wildman–Crippen LogP) is 4.63. The van der Waals surface area contributed by atoms with Crippen molar-refractivity contribution in [1.82, 2.24) is 9.97 Å². The SMILES string of the molecule is CNc1ncc(Br)c(Oc2cc(F)c(Cl)cc2Br)n1. The molecule has 0 bridgehead atoms. The van der Waals surface area contributed by atoms with E-state index >= 15 is 0 Å². The fourth-order valence-electron chi connectivity index (χ4n) is 1.23. The van der Waals surface area contributed by atoms with Crippen LogP contribution >= 0.6 is 43.5 Å². The minimum Gasteiger partial charge on any atom is -0.436 e. The number of halogens is 4. The summed E-state index contributed by atoms with van der Waals surface area (Å²) in [5.41, 5.74) is 0. The zero-order valence-electron chi connectivity index (χ0n) is 9.55. The highest BCUT2D eigenvalue weighted by atomic mass is 79.9. The van der Waals surface area contributed by atoms with Crippen molar-refractivity contribution in [3.63, 3.8) is 0 Å². The van der Waals surface area contributed by atoms with E-state index in [1.165, 1.54) is 18.3 Å². The molecule has 0 unspecified atom stereocenters. The van der Waals surface area contributed by atoms with E-state index in [0.29, 0.717) is 14.9 Å². The molecule has 0 aliphatic carbocycles. The van der Waals surface area contributed by atoms with E-state index in [4.69, 9.17) is 16.3 Å². The molecule has 1 N–H and O–H groups in total. The first-order chi connectivity index (χ1) is 9.01. The van der Waals surface area contributed by atoms with Gasteiger partial charge in [-0.1, -0.05) is 11.6 Å². The molecular formula is C11H7Br2ClFN3O. The van der Waals surface area contributed by atoms with Crippen LogP contribution < -0.4 is 10.1 Å². The number of nitrogens with one attached hydrogen (secondary N) is 1. The van der Waals surface area contributed by atoms with Crippen molar-refractivity contribution in [3.8, 4) is 11.6 Å². The molecule has 8 heteroatoms. The number of anilines is 1. The first-order valence-corrected chi connectivity index (χ1v) is 7.00. The molecule has 0 aliphatic rings. The molecule has 0 fully saturated rings. The van der Waals surface area contributed by atoms with Gasteiger partial charge >= 0.3 is 0 Å². The molecular weight excluding hydrogens is 404 g/mol. The number of aromatic nitrogens is 2.